The van der Waals surface area contributed by atoms with Gasteiger partial charge in [-0.1, -0.05) is 6.92 Å². The van der Waals surface area contributed by atoms with E-state index in [1.807, 2.05) is 0 Å². The van der Waals surface area contributed by atoms with Crippen LogP contribution in [0.1, 0.15) is 26.2 Å². The summed E-state index contributed by atoms with van der Waals surface area (Å²) < 4.78 is 0. The van der Waals surface area contributed by atoms with Gasteiger partial charge >= 0.3 is 0 Å². The van der Waals surface area contributed by atoms with Crippen molar-refractivity contribution in [2.75, 3.05) is 39.8 Å². The second-order valence-electron chi connectivity index (χ2n) is 5.23. The smallest absolute Gasteiger partial charge is 0.0358 e. The van der Waals surface area contributed by atoms with Crippen LogP contribution in [0.4, 0.5) is 0 Å². The molecular formula is C12H25N3. The summed E-state index contributed by atoms with van der Waals surface area (Å²) in [5.74, 6) is 0.885. The Morgan fingerprint density at radius 2 is 1.80 bits per heavy atom. The summed E-state index contributed by atoms with van der Waals surface area (Å²) in [6, 6.07) is 0. The molecule has 3 nitrogen and oxygen atoms in total. The highest BCUT2D eigenvalue weighted by molar-refractivity contribution is 5.03. The van der Waals surface area contributed by atoms with E-state index in [-0.39, 0.29) is 0 Å². The van der Waals surface area contributed by atoms with Gasteiger partial charge in [0.05, 0.1) is 0 Å². The molecule has 1 aliphatic carbocycles. The van der Waals surface area contributed by atoms with Gasteiger partial charge in [0, 0.05) is 38.3 Å². The standard InChI is InChI=1S/C12H25N3/c1-3-12(10-13,11-4-5-11)15-8-6-14(2)7-9-15/h11H,3-10,13H2,1-2H3. The minimum Gasteiger partial charge on any atom is -0.329 e. The van der Waals surface area contributed by atoms with Gasteiger partial charge in [0.25, 0.3) is 0 Å². The van der Waals surface area contributed by atoms with Gasteiger partial charge in [-0.15, -0.1) is 0 Å². The Morgan fingerprint density at radius 3 is 2.20 bits per heavy atom. The normalized spacial score (nSPS) is 29.0. The molecule has 0 spiro atoms. The maximum Gasteiger partial charge on any atom is 0.0358 e. The highest BCUT2D eigenvalue weighted by Gasteiger charge is 2.47. The van der Waals surface area contributed by atoms with E-state index >= 15 is 0 Å². The van der Waals surface area contributed by atoms with Crippen molar-refractivity contribution in [3.63, 3.8) is 0 Å². The van der Waals surface area contributed by atoms with Crippen molar-refractivity contribution >= 4 is 0 Å². The highest BCUT2D eigenvalue weighted by Crippen LogP contribution is 2.44. The van der Waals surface area contributed by atoms with Crippen LogP contribution in [0.15, 0.2) is 0 Å². The molecule has 2 fully saturated rings. The van der Waals surface area contributed by atoms with Gasteiger partial charge in [0.2, 0.25) is 0 Å². The van der Waals surface area contributed by atoms with Gasteiger partial charge in [-0.2, -0.15) is 0 Å². The monoisotopic (exact) mass is 211 g/mol. The van der Waals surface area contributed by atoms with Gasteiger partial charge in [0.1, 0.15) is 0 Å². The fraction of sp³-hybridized carbons (Fsp3) is 1.00. The molecule has 1 saturated heterocycles. The first-order valence-electron chi connectivity index (χ1n) is 6.36. The zero-order chi connectivity index (χ0) is 10.9. The third-order valence-electron chi connectivity index (χ3n) is 4.44. The average Bonchev–Trinajstić information content (AvgIpc) is 3.08. The van der Waals surface area contributed by atoms with Gasteiger partial charge in [-0.05, 0) is 32.2 Å². The Hall–Kier alpha value is -0.120. The first-order valence-corrected chi connectivity index (χ1v) is 6.36. The van der Waals surface area contributed by atoms with Crippen LogP contribution >= 0.6 is 0 Å². The minimum atomic E-state index is 0.335. The molecule has 0 bridgehead atoms. The van der Waals surface area contributed by atoms with Gasteiger partial charge in [-0.3, -0.25) is 4.90 Å². The maximum atomic E-state index is 6.07. The SMILES string of the molecule is CCC(CN)(C1CC1)N1CCN(C)CC1. The second-order valence-corrected chi connectivity index (χ2v) is 5.23. The van der Waals surface area contributed by atoms with E-state index in [0.717, 1.165) is 12.5 Å². The molecule has 1 atom stereocenters. The van der Waals surface area contributed by atoms with Crippen molar-refractivity contribution in [1.29, 1.82) is 0 Å². The third kappa shape index (κ3) is 2.05. The summed E-state index contributed by atoms with van der Waals surface area (Å²) in [5, 5.41) is 0. The lowest BCUT2D eigenvalue weighted by atomic mass is 9.87. The highest BCUT2D eigenvalue weighted by atomic mass is 15.3. The number of rotatable bonds is 4. The summed E-state index contributed by atoms with van der Waals surface area (Å²) >= 11 is 0. The molecule has 0 amide bonds. The molecule has 0 aromatic carbocycles. The molecule has 0 aromatic heterocycles. The quantitative estimate of drug-likeness (QED) is 0.745. The van der Waals surface area contributed by atoms with Gasteiger partial charge < -0.3 is 10.6 Å². The third-order valence-corrected chi connectivity index (χ3v) is 4.44. The Bertz CT molecular complexity index is 201. The maximum absolute atomic E-state index is 6.07. The van der Waals surface area contributed by atoms with E-state index in [4.69, 9.17) is 5.73 Å². The van der Waals surface area contributed by atoms with Crippen LogP contribution in [0.3, 0.4) is 0 Å². The lowest BCUT2D eigenvalue weighted by molar-refractivity contribution is 0.0264. The van der Waals surface area contributed by atoms with Gasteiger partial charge in [0.15, 0.2) is 0 Å². The number of piperazine rings is 1. The number of nitrogens with two attached hydrogens (primary N) is 1. The van der Waals surface area contributed by atoms with Gasteiger partial charge in [-0.25, -0.2) is 0 Å². The minimum absolute atomic E-state index is 0.335. The first-order chi connectivity index (χ1) is 7.23. The van der Waals surface area contributed by atoms with E-state index in [9.17, 15) is 0 Å². The van der Waals surface area contributed by atoms with Crippen LogP contribution < -0.4 is 5.73 Å². The van der Waals surface area contributed by atoms with Crippen LogP contribution in [0.2, 0.25) is 0 Å². The molecule has 2 rings (SSSR count). The predicted molar refractivity (Wildman–Crippen MR) is 63.9 cm³/mol. The van der Waals surface area contributed by atoms with E-state index in [1.54, 1.807) is 0 Å². The fourth-order valence-electron chi connectivity index (χ4n) is 3.08. The Kier molecular flexibility index (Phi) is 3.33. The largest absolute Gasteiger partial charge is 0.329 e. The summed E-state index contributed by atoms with van der Waals surface area (Å²) in [4.78, 5) is 5.09. The van der Waals surface area contributed by atoms with Crippen molar-refractivity contribution in [2.24, 2.45) is 11.7 Å². The van der Waals surface area contributed by atoms with E-state index in [2.05, 4.69) is 23.8 Å². The molecule has 2 aliphatic rings. The predicted octanol–water partition coefficient (Wildman–Crippen LogP) is 0.751. The molecule has 0 radical (unpaired) electrons. The lowest BCUT2D eigenvalue weighted by Gasteiger charge is -2.47. The van der Waals surface area contributed by atoms with Crippen LogP contribution in [-0.4, -0.2) is 55.1 Å². The summed E-state index contributed by atoms with van der Waals surface area (Å²) in [6.45, 7) is 7.97. The van der Waals surface area contributed by atoms with E-state index in [1.165, 1.54) is 45.4 Å². The molecule has 1 saturated carbocycles. The van der Waals surface area contributed by atoms with Crippen LogP contribution in [0.25, 0.3) is 0 Å². The number of hydrogen-bond donors (Lipinski definition) is 1. The molecule has 88 valence electrons. The van der Waals surface area contributed by atoms with Crippen molar-refractivity contribution in [3.05, 3.63) is 0 Å². The molecule has 1 aliphatic heterocycles. The summed E-state index contributed by atoms with van der Waals surface area (Å²) in [6.07, 6.45) is 4.02. The molecule has 0 aromatic rings. The molecule has 1 unspecified atom stereocenters. The van der Waals surface area contributed by atoms with Crippen LogP contribution in [0, 0.1) is 5.92 Å². The first kappa shape index (κ1) is 11.4. The summed E-state index contributed by atoms with van der Waals surface area (Å²) in [7, 11) is 2.21. The second kappa shape index (κ2) is 4.40. The fourth-order valence-corrected chi connectivity index (χ4v) is 3.08. The zero-order valence-corrected chi connectivity index (χ0v) is 10.2. The topological polar surface area (TPSA) is 32.5 Å². The van der Waals surface area contributed by atoms with E-state index in [0.29, 0.717) is 5.54 Å². The molecule has 2 N–H and O–H groups in total. The van der Waals surface area contributed by atoms with Crippen LogP contribution in [-0.2, 0) is 0 Å². The molecular weight excluding hydrogens is 186 g/mol. The zero-order valence-electron chi connectivity index (χ0n) is 10.2. The summed E-state index contributed by atoms with van der Waals surface area (Å²) in [5.41, 5.74) is 6.40. The van der Waals surface area contributed by atoms with Crippen LogP contribution in [0.5, 0.6) is 0 Å². The number of hydrogen-bond acceptors (Lipinski definition) is 3. The van der Waals surface area contributed by atoms with Crippen molar-refractivity contribution in [2.45, 2.75) is 31.7 Å². The number of likely N-dealkylation sites (N-methyl/N-ethyl adjacent to an activating group) is 1. The average molecular weight is 211 g/mol. The van der Waals surface area contributed by atoms with E-state index < -0.39 is 0 Å². The Morgan fingerprint density at radius 1 is 1.20 bits per heavy atom. The van der Waals surface area contributed by atoms with Crippen molar-refractivity contribution < 1.29 is 0 Å². The lowest BCUT2D eigenvalue weighted by Crippen LogP contribution is -2.60. The Balaban J connectivity index is 2.03. The molecule has 1 heterocycles. The van der Waals surface area contributed by atoms with Crippen molar-refractivity contribution in [1.82, 2.24) is 9.80 Å². The Labute approximate surface area is 93.6 Å². The molecule has 3 heteroatoms. The van der Waals surface area contributed by atoms with Crippen molar-refractivity contribution in [3.8, 4) is 0 Å². The molecule has 15 heavy (non-hydrogen) atoms. The number of nitrogens with zero attached hydrogens (tertiary/aromatic N) is 2.